The van der Waals surface area contributed by atoms with E-state index in [-0.39, 0.29) is 4.90 Å². The van der Waals surface area contributed by atoms with E-state index < -0.39 is 10.1 Å². The Morgan fingerprint density at radius 1 is 0.875 bits per heavy atom. The van der Waals surface area contributed by atoms with Crippen LogP contribution in [0.25, 0.3) is 0 Å². The molecule has 0 amide bonds. The van der Waals surface area contributed by atoms with E-state index in [1.807, 2.05) is 6.07 Å². The van der Waals surface area contributed by atoms with Crippen molar-refractivity contribution in [1.29, 1.82) is 0 Å². The fourth-order valence-corrected chi connectivity index (χ4v) is 3.60. The first kappa shape index (κ1) is 23.6. The molecule has 1 atom stereocenters. The van der Waals surface area contributed by atoms with E-state index in [1.165, 1.54) is 57.2 Å². The molecule has 0 heterocycles. The van der Waals surface area contributed by atoms with Gasteiger partial charge in [0.25, 0.3) is 10.1 Å². The average molecular weight is 375 g/mol. The minimum atomic E-state index is -4.09. The number of unbranched alkanes of at least 4 members (excludes halogenated alkanes) is 7. The largest absolute Gasteiger partial charge is 0.294 e. The van der Waals surface area contributed by atoms with Crippen LogP contribution >= 0.6 is 9.24 Å². The molecule has 0 bridgehead atoms. The fourth-order valence-electron chi connectivity index (χ4n) is 2.44. The third kappa shape index (κ3) is 12.0. The number of rotatable bonds is 11. The Bertz CT molecular complexity index is 513. The molecule has 0 fully saturated rings. The van der Waals surface area contributed by atoms with Gasteiger partial charge < -0.3 is 0 Å². The second-order valence-corrected chi connectivity index (χ2v) is 8.06. The highest BCUT2D eigenvalue weighted by Gasteiger charge is 2.13. The van der Waals surface area contributed by atoms with Crippen LogP contribution in [-0.4, -0.2) is 19.1 Å². The van der Waals surface area contributed by atoms with E-state index in [4.69, 9.17) is 4.55 Å². The summed E-state index contributed by atoms with van der Waals surface area (Å²) < 4.78 is 31.6. The van der Waals surface area contributed by atoms with Crippen molar-refractivity contribution in [3.63, 3.8) is 0 Å². The molecule has 0 aliphatic heterocycles. The molecule has 24 heavy (non-hydrogen) atoms. The minimum Gasteiger partial charge on any atom is -0.282 e. The zero-order valence-corrected chi connectivity index (χ0v) is 17.3. The van der Waals surface area contributed by atoms with Gasteiger partial charge in [-0.05, 0) is 30.6 Å². The Morgan fingerprint density at radius 3 is 1.92 bits per heavy atom. The van der Waals surface area contributed by atoms with Crippen molar-refractivity contribution >= 4 is 19.4 Å². The zero-order chi connectivity index (χ0) is 18.3. The maximum Gasteiger partial charge on any atom is 0.294 e. The molecule has 1 aromatic rings. The van der Waals surface area contributed by atoms with Crippen LogP contribution in [0, 0.1) is 0 Å². The van der Waals surface area contributed by atoms with Gasteiger partial charge >= 0.3 is 0 Å². The third-order valence-electron chi connectivity index (χ3n) is 3.86. The predicted molar refractivity (Wildman–Crippen MR) is 107 cm³/mol. The Balaban J connectivity index is 0.000000922. The van der Waals surface area contributed by atoms with Gasteiger partial charge in [0.1, 0.15) is 0 Å². The number of hydrogen-bond acceptors (Lipinski definition) is 2. The highest BCUT2D eigenvalue weighted by Crippen LogP contribution is 2.18. The van der Waals surface area contributed by atoms with Gasteiger partial charge in [-0.2, -0.15) is 8.42 Å². The van der Waals surface area contributed by atoms with Crippen LogP contribution in [-0.2, 0) is 16.5 Å². The Labute approximate surface area is 151 Å². The van der Waals surface area contributed by atoms with Crippen LogP contribution in [0.1, 0.15) is 77.2 Å². The summed E-state index contributed by atoms with van der Waals surface area (Å²) in [5.74, 6) is 0. The molecule has 1 N–H and O–H groups in total. The summed E-state index contributed by atoms with van der Waals surface area (Å²) in [5.41, 5.74) is 0.721. The van der Waals surface area contributed by atoms with Gasteiger partial charge in [-0.1, -0.05) is 83.4 Å². The van der Waals surface area contributed by atoms with Crippen LogP contribution in [0.5, 0.6) is 0 Å². The van der Waals surface area contributed by atoms with Crippen LogP contribution in [0.4, 0.5) is 0 Å². The molecule has 0 aromatic heterocycles. The first-order valence-electron chi connectivity index (χ1n) is 9.22. The molecule has 0 aliphatic rings. The van der Waals surface area contributed by atoms with E-state index in [0.29, 0.717) is 6.42 Å². The minimum absolute atomic E-state index is 0.0565. The molecule has 0 saturated heterocycles. The van der Waals surface area contributed by atoms with Crippen molar-refractivity contribution in [2.75, 3.05) is 6.16 Å². The van der Waals surface area contributed by atoms with Crippen LogP contribution in [0.15, 0.2) is 29.2 Å². The number of hydrogen-bond donors (Lipinski definition) is 1. The lowest BCUT2D eigenvalue weighted by Crippen LogP contribution is -2.03. The first-order valence-corrected chi connectivity index (χ1v) is 11.5. The number of benzene rings is 1. The molecule has 5 heteroatoms. The SMILES string of the molecule is CCCCCCCCCc1ccccc1S(=O)(=O)O.CCCCP. The molecule has 3 nitrogen and oxygen atoms in total. The van der Waals surface area contributed by atoms with E-state index in [0.717, 1.165) is 18.4 Å². The quantitative estimate of drug-likeness (QED) is 0.298. The summed E-state index contributed by atoms with van der Waals surface area (Å²) in [5, 5.41) is 0. The highest BCUT2D eigenvalue weighted by atomic mass is 32.2. The van der Waals surface area contributed by atoms with Crippen LogP contribution in [0.3, 0.4) is 0 Å². The van der Waals surface area contributed by atoms with Gasteiger partial charge in [-0.25, -0.2) is 0 Å². The summed E-state index contributed by atoms with van der Waals surface area (Å²) in [6.45, 7) is 4.40. The van der Waals surface area contributed by atoms with E-state index >= 15 is 0 Å². The fraction of sp³-hybridized carbons (Fsp3) is 0.684. The van der Waals surface area contributed by atoms with Crippen molar-refractivity contribution in [3.05, 3.63) is 29.8 Å². The van der Waals surface area contributed by atoms with Gasteiger partial charge in [0.05, 0.1) is 4.90 Å². The summed E-state index contributed by atoms with van der Waals surface area (Å²) in [6, 6.07) is 6.69. The monoisotopic (exact) mass is 374 g/mol. The second kappa shape index (κ2) is 14.9. The van der Waals surface area contributed by atoms with Crippen molar-refractivity contribution in [2.24, 2.45) is 0 Å². The number of aryl methyl sites for hydroxylation is 1. The predicted octanol–water partition coefficient (Wildman–Crippen LogP) is 5.89. The Morgan fingerprint density at radius 2 is 1.42 bits per heavy atom. The smallest absolute Gasteiger partial charge is 0.282 e. The molecule has 0 spiro atoms. The van der Waals surface area contributed by atoms with E-state index in [2.05, 4.69) is 23.1 Å². The Kier molecular flexibility index (Phi) is 14.6. The van der Waals surface area contributed by atoms with Crippen LogP contribution in [0.2, 0.25) is 0 Å². The molecule has 1 aromatic carbocycles. The van der Waals surface area contributed by atoms with Crippen LogP contribution < -0.4 is 0 Å². The summed E-state index contributed by atoms with van der Waals surface area (Å²) >= 11 is 0. The summed E-state index contributed by atoms with van der Waals surface area (Å²) in [4.78, 5) is 0.0565. The normalized spacial score (nSPS) is 11.0. The molecule has 1 rings (SSSR count). The van der Waals surface area contributed by atoms with Crippen molar-refractivity contribution in [2.45, 2.75) is 83.0 Å². The lowest BCUT2D eigenvalue weighted by atomic mass is 10.0. The maximum absolute atomic E-state index is 11.2. The standard InChI is InChI=1S/C15H24O3S.C4H11P/c1-2-3-4-5-6-7-8-11-14-12-9-10-13-15(14)19(16,17)18;1-2-3-4-5/h9-10,12-13H,2-8,11H2,1H3,(H,16,17,18);2-5H2,1H3. The Hall–Kier alpha value is -0.440. The van der Waals surface area contributed by atoms with Crippen molar-refractivity contribution in [3.8, 4) is 0 Å². The molecular formula is C19H35O3PS. The molecule has 140 valence electrons. The lowest BCUT2D eigenvalue weighted by molar-refractivity contribution is 0.481. The molecule has 1 unspecified atom stereocenters. The maximum atomic E-state index is 11.2. The lowest BCUT2D eigenvalue weighted by Gasteiger charge is -2.06. The average Bonchev–Trinajstić information content (AvgIpc) is 2.55. The molecule has 0 saturated carbocycles. The van der Waals surface area contributed by atoms with Gasteiger partial charge in [-0.3, -0.25) is 4.55 Å². The third-order valence-corrected chi connectivity index (χ3v) is 5.22. The summed E-state index contributed by atoms with van der Waals surface area (Å²) in [6.07, 6.45) is 13.0. The summed E-state index contributed by atoms with van der Waals surface area (Å²) in [7, 11) is -1.39. The second-order valence-electron chi connectivity index (χ2n) is 6.10. The molecule has 0 aliphatic carbocycles. The topological polar surface area (TPSA) is 54.4 Å². The van der Waals surface area contributed by atoms with Gasteiger partial charge in [0.2, 0.25) is 0 Å². The van der Waals surface area contributed by atoms with Crippen molar-refractivity contribution < 1.29 is 13.0 Å². The van der Waals surface area contributed by atoms with Gasteiger partial charge in [-0.15, -0.1) is 9.24 Å². The molecule has 0 radical (unpaired) electrons. The van der Waals surface area contributed by atoms with E-state index in [9.17, 15) is 8.42 Å². The first-order chi connectivity index (χ1) is 11.5. The van der Waals surface area contributed by atoms with Gasteiger partial charge in [0, 0.05) is 0 Å². The van der Waals surface area contributed by atoms with E-state index in [1.54, 1.807) is 12.1 Å². The zero-order valence-electron chi connectivity index (χ0n) is 15.3. The molecular weight excluding hydrogens is 339 g/mol. The highest BCUT2D eigenvalue weighted by molar-refractivity contribution is 7.85. The van der Waals surface area contributed by atoms with Gasteiger partial charge in [0.15, 0.2) is 0 Å². The van der Waals surface area contributed by atoms with Crippen molar-refractivity contribution in [1.82, 2.24) is 0 Å².